The number of halogens is 1. The zero-order chi connectivity index (χ0) is 11.5. The Morgan fingerprint density at radius 3 is 2.88 bits per heavy atom. The van der Waals surface area contributed by atoms with Crippen LogP contribution >= 0.6 is 11.3 Å². The fourth-order valence-electron chi connectivity index (χ4n) is 1.74. The molecule has 0 aliphatic rings. The first-order valence-corrected chi connectivity index (χ1v) is 5.92. The summed E-state index contributed by atoms with van der Waals surface area (Å²) in [6, 6.07) is 4.88. The Bertz CT molecular complexity index is 468. The second-order valence-electron chi connectivity index (χ2n) is 3.63. The van der Waals surface area contributed by atoms with E-state index in [9.17, 15) is 4.39 Å². The molecule has 1 unspecified atom stereocenters. The van der Waals surface area contributed by atoms with Crippen molar-refractivity contribution in [2.75, 3.05) is 7.05 Å². The van der Waals surface area contributed by atoms with Gasteiger partial charge in [0.25, 0.3) is 0 Å². The highest BCUT2D eigenvalue weighted by Gasteiger charge is 2.16. The summed E-state index contributed by atoms with van der Waals surface area (Å²) in [5, 5.41) is 3.19. The molecule has 2 rings (SSSR count). The summed E-state index contributed by atoms with van der Waals surface area (Å²) in [5.41, 5.74) is 3.83. The van der Waals surface area contributed by atoms with Crippen molar-refractivity contribution in [2.45, 2.75) is 13.0 Å². The minimum Gasteiger partial charge on any atom is -0.309 e. The molecule has 2 aromatic rings. The van der Waals surface area contributed by atoms with E-state index in [-0.39, 0.29) is 11.9 Å². The molecule has 16 heavy (non-hydrogen) atoms. The zero-order valence-electron chi connectivity index (χ0n) is 9.20. The van der Waals surface area contributed by atoms with Crippen LogP contribution in [-0.2, 0) is 0 Å². The monoisotopic (exact) mass is 236 g/mol. The normalized spacial score (nSPS) is 12.7. The highest BCUT2D eigenvalue weighted by Crippen LogP contribution is 2.27. The highest BCUT2D eigenvalue weighted by atomic mass is 32.1. The SMILES string of the molecule is CNC(c1cncs1)c1cc(F)ccc1C. The highest BCUT2D eigenvalue weighted by molar-refractivity contribution is 7.09. The Morgan fingerprint density at radius 2 is 2.25 bits per heavy atom. The first kappa shape index (κ1) is 11.2. The first-order valence-electron chi connectivity index (χ1n) is 5.04. The van der Waals surface area contributed by atoms with Gasteiger partial charge in [-0.25, -0.2) is 4.39 Å². The molecule has 0 bridgehead atoms. The molecule has 1 aromatic carbocycles. The Kier molecular flexibility index (Phi) is 3.31. The van der Waals surface area contributed by atoms with Gasteiger partial charge >= 0.3 is 0 Å². The van der Waals surface area contributed by atoms with Gasteiger partial charge in [0.2, 0.25) is 0 Å². The number of nitrogens with zero attached hydrogens (tertiary/aromatic N) is 1. The van der Waals surface area contributed by atoms with Crippen LogP contribution in [-0.4, -0.2) is 12.0 Å². The molecule has 1 atom stereocenters. The number of hydrogen-bond donors (Lipinski definition) is 1. The van der Waals surface area contributed by atoms with Gasteiger partial charge in [-0.1, -0.05) is 6.07 Å². The van der Waals surface area contributed by atoms with Crippen LogP contribution in [0.5, 0.6) is 0 Å². The van der Waals surface area contributed by atoms with E-state index in [0.29, 0.717) is 0 Å². The lowest BCUT2D eigenvalue weighted by atomic mass is 10.0. The second-order valence-corrected chi connectivity index (χ2v) is 4.54. The first-order chi connectivity index (χ1) is 7.72. The van der Waals surface area contributed by atoms with Crippen LogP contribution in [0, 0.1) is 12.7 Å². The summed E-state index contributed by atoms with van der Waals surface area (Å²) >= 11 is 1.57. The molecule has 84 valence electrons. The van der Waals surface area contributed by atoms with Crippen molar-refractivity contribution in [3.05, 3.63) is 51.7 Å². The van der Waals surface area contributed by atoms with Crippen molar-refractivity contribution in [1.82, 2.24) is 10.3 Å². The molecule has 0 spiro atoms. The third kappa shape index (κ3) is 2.13. The molecule has 1 N–H and O–H groups in total. The van der Waals surface area contributed by atoms with Crippen LogP contribution in [0.4, 0.5) is 4.39 Å². The van der Waals surface area contributed by atoms with E-state index in [0.717, 1.165) is 16.0 Å². The van der Waals surface area contributed by atoms with Crippen molar-refractivity contribution in [1.29, 1.82) is 0 Å². The van der Waals surface area contributed by atoms with E-state index in [1.807, 2.05) is 20.2 Å². The number of hydrogen-bond acceptors (Lipinski definition) is 3. The van der Waals surface area contributed by atoms with Crippen molar-refractivity contribution >= 4 is 11.3 Å². The molecule has 0 saturated heterocycles. The predicted octanol–water partition coefficient (Wildman–Crippen LogP) is 2.90. The minimum atomic E-state index is -0.203. The van der Waals surface area contributed by atoms with Crippen LogP contribution in [0.15, 0.2) is 29.9 Å². The summed E-state index contributed by atoms with van der Waals surface area (Å²) in [6.07, 6.45) is 1.82. The molecular formula is C12H13FN2S. The van der Waals surface area contributed by atoms with Crippen LogP contribution in [0.2, 0.25) is 0 Å². The topological polar surface area (TPSA) is 24.9 Å². The molecule has 1 heterocycles. The van der Waals surface area contributed by atoms with Gasteiger partial charge in [-0.15, -0.1) is 11.3 Å². The van der Waals surface area contributed by atoms with Gasteiger partial charge < -0.3 is 5.32 Å². The smallest absolute Gasteiger partial charge is 0.123 e. The van der Waals surface area contributed by atoms with Crippen molar-refractivity contribution < 1.29 is 4.39 Å². The Labute approximate surface area is 98.2 Å². The van der Waals surface area contributed by atoms with E-state index in [2.05, 4.69) is 10.3 Å². The van der Waals surface area contributed by atoms with Crippen LogP contribution < -0.4 is 5.32 Å². The predicted molar refractivity (Wildman–Crippen MR) is 64.2 cm³/mol. The van der Waals surface area contributed by atoms with Crippen molar-refractivity contribution in [3.8, 4) is 0 Å². The molecule has 0 radical (unpaired) electrons. The molecule has 0 amide bonds. The van der Waals surface area contributed by atoms with Gasteiger partial charge in [-0.3, -0.25) is 4.98 Å². The van der Waals surface area contributed by atoms with Gasteiger partial charge in [-0.2, -0.15) is 0 Å². The Balaban J connectivity index is 2.44. The lowest BCUT2D eigenvalue weighted by Crippen LogP contribution is -2.17. The third-order valence-corrected chi connectivity index (χ3v) is 3.42. The molecule has 0 aliphatic carbocycles. The van der Waals surface area contributed by atoms with Gasteiger partial charge in [0.1, 0.15) is 5.82 Å². The molecule has 0 saturated carbocycles. The molecule has 0 fully saturated rings. The molecule has 2 nitrogen and oxygen atoms in total. The van der Waals surface area contributed by atoms with Crippen LogP contribution in [0.3, 0.4) is 0 Å². The lowest BCUT2D eigenvalue weighted by Gasteiger charge is -2.17. The average Bonchev–Trinajstić information content (AvgIpc) is 2.78. The molecular weight excluding hydrogens is 223 g/mol. The maximum Gasteiger partial charge on any atom is 0.123 e. The lowest BCUT2D eigenvalue weighted by molar-refractivity contribution is 0.616. The van der Waals surface area contributed by atoms with E-state index < -0.39 is 0 Å². The minimum absolute atomic E-state index is 0.0169. The number of aryl methyl sites for hydroxylation is 1. The van der Waals surface area contributed by atoms with E-state index in [1.165, 1.54) is 6.07 Å². The third-order valence-electron chi connectivity index (χ3n) is 2.58. The maximum atomic E-state index is 13.2. The zero-order valence-corrected chi connectivity index (χ0v) is 10.0. The van der Waals surface area contributed by atoms with Gasteiger partial charge in [-0.05, 0) is 37.2 Å². The number of rotatable bonds is 3. The summed E-state index contributed by atoms with van der Waals surface area (Å²) in [7, 11) is 1.87. The molecule has 4 heteroatoms. The van der Waals surface area contributed by atoms with Gasteiger partial charge in [0, 0.05) is 11.1 Å². The largest absolute Gasteiger partial charge is 0.309 e. The second kappa shape index (κ2) is 4.72. The fourth-order valence-corrected chi connectivity index (χ4v) is 2.49. The maximum absolute atomic E-state index is 13.2. The summed E-state index contributed by atoms with van der Waals surface area (Å²) in [6.45, 7) is 1.99. The summed E-state index contributed by atoms with van der Waals surface area (Å²) < 4.78 is 13.2. The van der Waals surface area contributed by atoms with Crippen LogP contribution in [0.25, 0.3) is 0 Å². The van der Waals surface area contributed by atoms with E-state index >= 15 is 0 Å². The van der Waals surface area contributed by atoms with E-state index in [1.54, 1.807) is 29.0 Å². The molecule has 0 aliphatic heterocycles. The standard InChI is InChI=1S/C12H13FN2S/c1-8-3-4-9(13)5-10(8)12(14-2)11-6-15-7-16-11/h3-7,12,14H,1-2H3. The fraction of sp³-hybridized carbons (Fsp3) is 0.250. The number of nitrogens with one attached hydrogen (secondary N) is 1. The van der Waals surface area contributed by atoms with Crippen molar-refractivity contribution in [2.24, 2.45) is 0 Å². The summed E-state index contributed by atoms with van der Waals surface area (Å²) in [4.78, 5) is 5.15. The van der Waals surface area contributed by atoms with Crippen molar-refractivity contribution in [3.63, 3.8) is 0 Å². The number of aromatic nitrogens is 1. The van der Waals surface area contributed by atoms with Gasteiger partial charge in [0.05, 0.1) is 11.6 Å². The van der Waals surface area contributed by atoms with Gasteiger partial charge in [0.15, 0.2) is 0 Å². The van der Waals surface area contributed by atoms with E-state index in [4.69, 9.17) is 0 Å². The number of benzene rings is 1. The Morgan fingerprint density at radius 1 is 1.44 bits per heavy atom. The Hall–Kier alpha value is -1.26. The molecule has 1 aromatic heterocycles. The number of thiazole rings is 1. The average molecular weight is 236 g/mol. The summed E-state index contributed by atoms with van der Waals surface area (Å²) in [5.74, 6) is -0.203. The quantitative estimate of drug-likeness (QED) is 0.886. The van der Waals surface area contributed by atoms with Crippen LogP contribution in [0.1, 0.15) is 22.0 Å².